The van der Waals surface area contributed by atoms with Gasteiger partial charge in [-0.05, 0) is 74.4 Å². The largest absolute Gasteiger partial charge is 0.505 e. The van der Waals surface area contributed by atoms with E-state index in [2.05, 4.69) is 22.3 Å². The lowest BCUT2D eigenvalue weighted by Gasteiger charge is -2.34. The van der Waals surface area contributed by atoms with Gasteiger partial charge in [0.2, 0.25) is 11.7 Å². The number of benzene rings is 1. The van der Waals surface area contributed by atoms with Crippen LogP contribution in [0.25, 0.3) is 11.4 Å². The molecule has 3 aromatic heterocycles. The first-order chi connectivity index (χ1) is 24.7. The Labute approximate surface area is 301 Å². The number of halogens is 4. The van der Waals surface area contributed by atoms with E-state index in [0.29, 0.717) is 56.0 Å². The molecule has 16 heteroatoms. The number of hydrogen-bond acceptors (Lipinski definition) is 8. The number of nitrogens with zero attached hydrogens (tertiary/aromatic N) is 6. The third-order valence-electron chi connectivity index (χ3n) is 11.0. The van der Waals surface area contributed by atoms with Gasteiger partial charge in [0.1, 0.15) is 12.3 Å². The van der Waals surface area contributed by atoms with E-state index in [-0.39, 0.29) is 64.5 Å². The summed E-state index contributed by atoms with van der Waals surface area (Å²) >= 11 is 6.18. The number of aromatic hydroxyl groups is 1. The van der Waals surface area contributed by atoms with Gasteiger partial charge in [-0.25, -0.2) is 4.98 Å². The smallest absolute Gasteiger partial charge is 0.416 e. The van der Waals surface area contributed by atoms with Crippen LogP contribution in [0.3, 0.4) is 0 Å². The van der Waals surface area contributed by atoms with Crippen molar-refractivity contribution < 1.29 is 32.6 Å². The molecule has 1 spiro atoms. The lowest BCUT2D eigenvalue weighted by atomic mass is 9.69. The second kappa shape index (κ2) is 13.3. The summed E-state index contributed by atoms with van der Waals surface area (Å²) < 4.78 is 48.2. The summed E-state index contributed by atoms with van der Waals surface area (Å²) in [6.07, 6.45) is 0.757. The van der Waals surface area contributed by atoms with Crippen molar-refractivity contribution in [2.24, 2.45) is 5.92 Å². The zero-order valence-electron chi connectivity index (χ0n) is 28.7. The Morgan fingerprint density at radius 3 is 2.65 bits per heavy atom. The molecule has 0 radical (unpaired) electrons. The monoisotopic (exact) mass is 739 g/mol. The molecule has 274 valence electrons. The van der Waals surface area contributed by atoms with Crippen LogP contribution < -0.4 is 10.9 Å². The second-order valence-electron chi connectivity index (χ2n) is 13.8. The number of anilines is 1. The number of carbonyl (C=O) groups excluding carboxylic acids is 2. The average molecular weight is 740 g/mol. The molecule has 7 rings (SSSR count). The van der Waals surface area contributed by atoms with Gasteiger partial charge < -0.3 is 24.6 Å². The summed E-state index contributed by atoms with van der Waals surface area (Å²) in [5.74, 6) is -1.07. The predicted molar refractivity (Wildman–Crippen MR) is 185 cm³/mol. The molecular formula is C36H37ClF3N7O5. The van der Waals surface area contributed by atoms with Gasteiger partial charge in [0.15, 0.2) is 11.5 Å². The highest BCUT2D eigenvalue weighted by atomic mass is 35.5. The van der Waals surface area contributed by atoms with Gasteiger partial charge in [-0.2, -0.15) is 22.7 Å². The molecule has 2 N–H and O–H groups in total. The fraction of sp³-hybridized carbons (Fsp3) is 0.444. The molecule has 52 heavy (non-hydrogen) atoms. The lowest BCUT2D eigenvalue weighted by molar-refractivity contribution is -0.137. The number of rotatable bonds is 5. The van der Waals surface area contributed by atoms with Crippen molar-refractivity contribution in [3.63, 3.8) is 0 Å². The molecule has 1 aliphatic carbocycles. The number of nitrogens with one attached hydrogen (secondary N) is 1. The quantitative estimate of drug-likeness (QED) is 0.261. The summed E-state index contributed by atoms with van der Waals surface area (Å²) in [7, 11) is 0. The van der Waals surface area contributed by atoms with Crippen LogP contribution in [0.2, 0.25) is 5.02 Å². The molecule has 2 amide bonds. The first-order valence-corrected chi connectivity index (χ1v) is 17.5. The Morgan fingerprint density at radius 2 is 1.96 bits per heavy atom. The molecule has 5 heterocycles. The number of amides is 2. The number of pyridine rings is 1. The van der Waals surface area contributed by atoms with E-state index in [4.69, 9.17) is 21.3 Å². The molecule has 0 saturated carbocycles. The van der Waals surface area contributed by atoms with Gasteiger partial charge in [0.25, 0.3) is 11.5 Å². The van der Waals surface area contributed by atoms with Crippen LogP contribution in [0.5, 0.6) is 5.75 Å². The predicted octanol–water partition coefficient (Wildman–Crippen LogP) is 5.81. The van der Waals surface area contributed by atoms with Gasteiger partial charge >= 0.3 is 6.18 Å². The topological polar surface area (TPSA) is 144 Å². The van der Waals surface area contributed by atoms with Crippen molar-refractivity contribution in [1.29, 1.82) is 0 Å². The van der Waals surface area contributed by atoms with Crippen molar-refractivity contribution in [2.45, 2.75) is 76.6 Å². The highest BCUT2D eigenvalue weighted by Gasteiger charge is 2.53. The van der Waals surface area contributed by atoms with E-state index in [0.717, 1.165) is 23.8 Å². The molecule has 12 nitrogen and oxygen atoms in total. The molecule has 4 atom stereocenters. The highest BCUT2D eigenvalue weighted by Crippen LogP contribution is 2.55. The van der Waals surface area contributed by atoms with Crippen LogP contribution in [0.4, 0.5) is 18.9 Å². The summed E-state index contributed by atoms with van der Waals surface area (Å²) in [5, 5.41) is 17.4. The normalized spacial score (nSPS) is 23.4. The number of aromatic nitrogens is 5. The van der Waals surface area contributed by atoms with Crippen LogP contribution in [-0.4, -0.2) is 71.8 Å². The molecule has 1 fully saturated rings. The van der Waals surface area contributed by atoms with Crippen molar-refractivity contribution in [3.8, 4) is 5.75 Å². The molecule has 3 unspecified atom stereocenters. The van der Waals surface area contributed by atoms with Gasteiger partial charge in [-0.1, -0.05) is 31.5 Å². The second-order valence-corrected chi connectivity index (χ2v) is 14.2. The van der Waals surface area contributed by atoms with Crippen molar-refractivity contribution in [1.82, 2.24) is 29.0 Å². The highest BCUT2D eigenvalue weighted by molar-refractivity contribution is 6.33. The number of likely N-dealkylation sites (tertiary alicyclic amines) is 1. The van der Waals surface area contributed by atoms with E-state index >= 15 is 0 Å². The summed E-state index contributed by atoms with van der Waals surface area (Å²) in [6, 6.07) is 5.42. The van der Waals surface area contributed by atoms with E-state index in [1.807, 2.05) is 19.9 Å². The summed E-state index contributed by atoms with van der Waals surface area (Å²) in [4.78, 5) is 52.7. The molecule has 1 aromatic carbocycles. The van der Waals surface area contributed by atoms with Crippen molar-refractivity contribution in [3.05, 3.63) is 86.3 Å². The molecule has 3 aliphatic rings. The number of hydrogen-bond donors (Lipinski definition) is 2. The number of ether oxygens (including phenoxy) is 1. The SMILES string of the molecule is CC1CCC2(CCN1C(=O)c1ncccc1O)c1c(n(CC(=O)Nc3ccc(C(F)(F)F)cc3Cl)c3nc(C4=CCOCC4)nn3c1=O)[C@H](C)C2C. The Kier molecular flexibility index (Phi) is 9.14. The zero-order valence-corrected chi connectivity index (χ0v) is 29.5. The number of carbonyl (C=O) groups is 2. The van der Waals surface area contributed by atoms with E-state index in [1.54, 1.807) is 15.5 Å². The summed E-state index contributed by atoms with van der Waals surface area (Å²) in [6.45, 7) is 6.77. The minimum Gasteiger partial charge on any atom is -0.505 e. The first-order valence-electron chi connectivity index (χ1n) is 17.1. The third-order valence-corrected chi connectivity index (χ3v) is 11.4. The van der Waals surface area contributed by atoms with Crippen LogP contribution in [0, 0.1) is 5.92 Å². The molecule has 4 aromatic rings. The Hall–Kier alpha value is -4.76. The fourth-order valence-electron chi connectivity index (χ4n) is 8.10. The Bertz CT molecular complexity index is 2180. The number of alkyl halides is 3. The van der Waals surface area contributed by atoms with Gasteiger partial charge in [0.05, 0.1) is 29.5 Å². The maximum atomic E-state index is 14.7. The van der Waals surface area contributed by atoms with Crippen molar-refractivity contribution >= 4 is 40.5 Å². The molecular weight excluding hydrogens is 703 g/mol. The minimum absolute atomic E-state index is 0.00207. The fourth-order valence-corrected chi connectivity index (χ4v) is 8.33. The van der Waals surface area contributed by atoms with Gasteiger partial charge in [-0.15, -0.1) is 5.10 Å². The molecule has 0 bridgehead atoms. The average Bonchev–Trinajstić information content (AvgIpc) is 3.59. The number of fused-ring (bicyclic) bond motifs is 3. The van der Waals surface area contributed by atoms with Crippen LogP contribution in [0.15, 0.2) is 47.4 Å². The lowest BCUT2D eigenvalue weighted by Crippen LogP contribution is -2.40. The molecule has 1 saturated heterocycles. The first kappa shape index (κ1) is 35.6. The van der Waals surface area contributed by atoms with Crippen molar-refractivity contribution in [2.75, 3.05) is 25.1 Å². The van der Waals surface area contributed by atoms with E-state index < -0.39 is 29.0 Å². The zero-order chi connectivity index (χ0) is 37.1. The van der Waals surface area contributed by atoms with Crippen LogP contribution in [0.1, 0.15) is 85.5 Å². The van der Waals surface area contributed by atoms with Crippen LogP contribution >= 0.6 is 11.6 Å². The standard InChI is InChI=1S/C36H37ClF3N7O5/c1-19-8-11-35(12-14-45(19)33(51)29-26(48)5-4-13-41-29)21(3)20(2)30-28(35)32(50)47-34(43-31(44-47)22-9-15-52-16-10-22)46(30)18-27(49)42-25-7-6-23(17-24(25)37)36(38,39)40/h4-7,9,13,17,19-21,48H,8,10-12,14-16,18H2,1-3H3,(H,42,49)/t19?,20-,21?,35?/m1/s1. The van der Waals surface area contributed by atoms with Crippen LogP contribution in [-0.2, 0) is 27.7 Å². The molecule has 2 aliphatic heterocycles. The summed E-state index contributed by atoms with van der Waals surface area (Å²) in [5.41, 5.74) is -0.140. The maximum Gasteiger partial charge on any atom is 0.416 e. The Balaban J connectivity index is 1.32. The maximum absolute atomic E-state index is 14.7. The van der Waals surface area contributed by atoms with Gasteiger partial charge in [-0.3, -0.25) is 14.4 Å². The minimum atomic E-state index is -4.61. The van der Waals surface area contributed by atoms with Gasteiger partial charge in [0, 0.05) is 41.4 Å². The van der Waals surface area contributed by atoms with E-state index in [1.165, 1.54) is 16.8 Å². The Morgan fingerprint density at radius 1 is 1.17 bits per heavy atom. The van der Waals surface area contributed by atoms with E-state index in [9.17, 15) is 32.7 Å². The third kappa shape index (κ3) is 6.02.